The first-order valence-corrected chi connectivity index (χ1v) is 11.1. The monoisotopic (exact) mass is 436 g/mol. The second-order valence-corrected chi connectivity index (χ2v) is 9.55. The lowest BCUT2D eigenvalue weighted by atomic mass is 9.92. The van der Waals surface area contributed by atoms with E-state index in [4.69, 9.17) is 4.98 Å². The number of imidazole rings is 1. The number of rotatable bonds is 3. The summed E-state index contributed by atoms with van der Waals surface area (Å²) in [5.41, 5.74) is 1.35. The molecular weight excluding hydrogens is 415 g/mol. The van der Waals surface area contributed by atoms with Crippen LogP contribution < -0.4 is 10.2 Å². The zero-order valence-electron chi connectivity index (χ0n) is 17.2. The number of likely N-dealkylation sites (N-methyl/N-ethyl adjacent to an activating group) is 1. The Labute approximate surface area is 182 Å². The number of likely N-dealkylation sites (tertiary alicyclic amines) is 1. The van der Waals surface area contributed by atoms with Crippen LogP contribution in [-0.4, -0.2) is 57.9 Å². The Bertz CT molecular complexity index is 1350. The van der Waals surface area contributed by atoms with E-state index in [0.29, 0.717) is 22.3 Å². The minimum Gasteiger partial charge on any atom is -0.351 e. The number of thiophene rings is 1. The molecule has 0 unspecified atom stereocenters. The standard InChI is InChI=1S/C22H21FN6OS/c1-12-7-28-10-15(6-16(23)20(28)24-12)25-21(30)18-5-13-3-4-19(26-22(13)31-18)29-9-14-8-27(2)11-17(14)29/h3-7,10,14,17H,8-9,11H2,1-2H3,(H,25,30)/t14-,17-/m1/s1. The molecule has 2 atom stereocenters. The molecule has 4 aromatic heterocycles. The summed E-state index contributed by atoms with van der Waals surface area (Å²) in [4.78, 5) is 27.9. The van der Waals surface area contributed by atoms with Gasteiger partial charge in [0.05, 0.1) is 16.3 Å². The van der Waals surface area contributed by atoms with Gasteiger partial charge in [-0.2, -0.15) is 0 Å². The summed E-state index contributed by atoms with van der Waals surface area (Å²) >= 11 is 1.36. The molecule has 0 aliphatic carbocycles. The Hall–Kier alpha value is -3.04. The van der Waals surface area contributed by atoms with Gasteiger partial charge in [0.25, 0.3) is 5.91 Å². The summed E-state index contributed by atoms with van der Waals surface area (Å²) < 4.78 is 15.9. The van der Waals surface area contributed by atoms with Crippen molar-refractivity contribution in [2.75, 3.05) is 36.9 Å². The lowest BCUT2D eigenvalue weighted by molar-refractivity contribution is 0.103. The van der Waals surface area contributed by atoms with Crippen molar-refractivity contribution in [3.8, 4) is 0 Å². The van der Waals surface area contributed by atoms with Crippen LogP contribution in [0.15, 0.2) is 36.7 Å². The van der Waals surface area contributed by atoms with Gasteiger partial charge in [0.2, 0.25) is 0 Å². The van der Waals surface area contributed by atoms with Crippen molar-refractivity contribution in [3.05, 3.63) is 53.0 Å². The van der Waals surface area contributed by atoms with E-state index in [0.717, 1.165) is 41.6 Å². The van der Waals surface area contributed by atoms with Crippen LogP contribution in [0.5, 0.6) is 0 Å². The van der Waals surface area contributed by atoms with E-state index in [1.165, 1.54) is 17.4 Å². The number of aryl methyl sites for hydroxylation is 1. The molecule has 7 nitrogen and oxygen atoms in total. The fourth-order valence-electron chi connectivity index (χ4n) is 4.73. The van der Waals surface area contributed by atoms with Crippen molar-refractivity contribution >= 4 is 44.6 Å². The zero-order chi connectivity index (χ0) is 21.3. The minimum atomic E-state index is -0.473. The van der Waals surface area contributed by atoms with Gasteiger partial charge in [-0.15, -0.1) is 11.3 Å². The third kappa shape index (κ3) is 3.07. The molecule has 1 amide bonds. The predicted octanol–water partition coefficient (Wildman–Crippen LogP) is 3.39. The van der Waals surface area contributed by atoms with Gasteiger partial charge in [-0.25, -0.2) is 14.4 Å². The Morgan fingerprint density at radius 2 is 2.06 bits per heavy atom. The van der Waals surface area contributed by atoms with E-state index >= 15 is 0 Å². The van der Waals surface area contributed by atoms with Crippen LogP contribution in [0.4, 0.5) is 15.9 Å². The molecule has 31 heavy (non-hydrogen) atoms. The average molecular weight is 437 g/mol. The normalized spacial score (nSPS) is 20.9. The number of fused-ring (bicyclic) bond motifs is 3. The molecule has 158 valence electrons. The number of pyridine rings is 2. The highest BCUT2D eigenvalue weighted by Gasteiger charge is 2.45. The Kier molecular flexibility index (Phi) is 4.06. The number of carbonyl (C=O) groups is 1. The average Bonchev–Trinajstić information content (AvgIpc) is 3.38. The molecule has 0 bridgehead atoms. The van der Waals surface area contributed by atoms with Crippen LogP contribution in [0.2, 0.25) is 0 Å². The highest BCUT2D eigenvalue weighted by molar-refractivity contribution is 7.20. The van der Waals surface area contributed by atoms with Gasteiger partial charge in [-0.05, 0) is 32.2 Å². The van der Waals surface area contributed by atoms with Gasteiger partial charge < -0.3 is 19.5 Å². The second-order valence-electron chi connectivity index (χ2n) is 8.52. The molecule has 0 radical (unpaired) electrons. The highest BCUT2D eigenvalue weighted by atomic mass is 32.1. The number of amides is 1. The lowest BCUT2D eigenvalue weighted by Crippen LogP contribution is -2.56. The van der Waals surface area contributed by atoms with Gasteiger partial charge in [-0.1, -0.05) is 0 Å². The van der Waals surface area contributed by atoms with Gasteiger partial charge in [0.15, 0.2) is 11.5 Å². The summed E-state index contributed by atoms with van der Waals surface area (Å²) in [6, 6.07) is 7.73. The van der Waals surface area contributed by atoms with Gasteiger partial charge in [-0.3, -0.25) is 4.79 Å². The number of nitrogens with zero attached hydrogens (tertiary/aromatic N) is 5. The van der Waals surface area contributed by atoms with E-state index < -0.39 is 5.82 Å². The maximum atomic E-state index is 14.3. The summed E-state index contributed by atoms with van der Waals surface area (Å²) in [7, 11) is 2.16. The summed E-state index contributed by atoms with van der Waals surface area (Å²) in [5, 5.41) is 3.73. The zero-order valence-corrected chi connectivity index (χ0v) is 18.0. The molecule has 2 aliphatic heterocycles. The third-order valence-corrected chi connectivity index (χ3v) is 7.24. The van der Waals surface area contributed by atoms with Crippen LogP contribution in [0.1, 0.15) is 15.4 Å². The first kappa shape index (κ1) is 18.7. The molecule has 0 spiro atoms. The van der Waals surface area contributed by atoms with E-state index in [2.05, 4.69) is 27.1 Å². The SMILES string of the molecule is Cc1cn2cc(NC(=O)c3cc4ccc(N5C[C@H]6CN(C)C[C@H]65)nc4s3)cc(F)c2n1. The van der Waals surface area contributed by atoms with E-state index in [1.807, 2.05) is 18.2 Å². The molecule has 0 saturated carbocycles. The van der Waals surface area contributed by atoms with Crippen molar-refractivity contribution in [1.82, 2.24) is 19.3 Å². The summed E-state index contributed by atoms with van der Waals surface area (Å²) in [5.74, 6) is 0.950. The second kappa shape index (κ2) is 6.73. The number of hydrogen-bond donors (Lipinski definition) is 1. The molecule has 2 fully saturated rings. The molecule has 2 aliphatic rings. The van der Waals surface area contributed by atoms with Gasteiger partial charge >= 0.3 is 0 Å². The quantitative estimate of drug-likeness (QED) is 0.533. The Morgan fingerprint density at radius 3 is 2.90 bits per heavy atom. The summed E-state index contributed by atoms with van der Waals surface area (Å²) in [6.45, 7) is 5.06. The molecule has 6 heterocycles. The summed E-state index contributed by atoms with van der Waals surface area (Å²) in [6.07, 6.45) is 3.39. The van der Waals surface area contributed by atoms with Crippen molar-refractivity contribution in [3.63, 3.8) is 0 Å². The van der Waals surface area contributed by atoms with Crippen molar-refractivity contribution in [2.45, 2.75) is 13.0 Å². The molecule has 4 aromatic rings. The largest absolute Gasteiger partial charge is 0.351 e. The van der Waals surface area contributed by atoms with Gasteiger partial charge in [0.1, 0.15) is 10.6 Å². The van der Waals surface area contributed by atoms with Crippen LogP contribution in [0, 0.1) is 18.7 Å². The topological polar surface area (TPSA) is 65.8 Å². The van der Waals surface area contributed by atoms with Crippen LogP contribution in [-0.2, 0) is 0 Å². The number of hydrogen-bond acceptors (Lipinski definition) is 6. The molecule has 0 aromatic carbocycles. The fraction of sp³-hybridized carbons (Fsp3) is 0.318. The van der Waals surface area contributed by atoms with Crippen LogP contribution in [0.3, 0.4) is 0 Å². The molecular formula is C22H21FN6OS. The molecule has 9 heteroatoms. The van der Waals surface area contributed by atoms with Crippen molar-refractivity contribution in [2.24, 2.45) is 5.92 Å². The van der Waals surface area contributed by atoms with Crippen LogP contribution in [0.25, 0.3) is 15.9 Å². The maximum Gasteiger partial charge on any atom is 0.265 e. The smallest absolute Gasteiger partial charge is 0.265 e. The van der Waals surface area contributed by atoms with E-state index in [9.17, 15) is 9.18 Å². The number of anilines is 2. The number of nitrogens with one attached hydrogen (secondary N) is 1. The Balaban J connectivity index is 1.24. The first-order valence-electron chi connectivity index (χ1n) is 10.3. The fourth-order valence-corrected chi connectivity index (χ4v) is 5.65. The third-order valence-electron chi connectivity index (χ3n) is 6.19. The Morgan fingerprint density at radius 1 is 1.19 bits per heavy atom. The predicted molar refractivity (Wildman–Crippen MR) is 120 cm³/mol. The minimum absolute atomic E-state index is 0.246. The highest BCUT2D eigenvalue weighted by Crippen LogP contribution is 2.36. The first-order chi connectivity index (χ1) is 14.9. The van der Waals surface area contributed by atoms with Crippen molar-refractivity contribution < 1.29 is 9.18 Å². The lowest BCUT2D eigenvalue weighted by Gasteiger charge is -2.44. The maximum absolute atomic E-state index is 14.3. The van der Waals surface area contributed by atoms with E-state index in [1.54, 1.807) is 23.7 Å². The van der Waals surface area contributed by atoms with Crippen LogP contribution >= 0.6 is 11.3 Å². The number of halogens is 1. The van der Waals surface area contributed by atoms with Crippen molar-refractivity contribution in [1.29, 1.82) is 0 Å². The van der Waals surface area contributed by atoms with E-state index in [-0.39, 0.29) is 11.6 Å². The molecule has 2 saturated heterocycles. The molecule has 6 rings (SSSR count). The van der Waals surface area contributed by atoms with Gasteiger partial charge in [0, 0.05) is 55.4 Å². The number of carbonyl (C=O) groups excluding carboxylic acids is 1. The molecule has 1 N–H and O–H groups in total. The number of aromatic nitrogens is 3.